The van der Waals surface area contributed by atoms with Gasteiger partial charge in [0.1, 0.15) is 0 Å². The van der Waals surface area contributed by atoms with E-state index in [9.17, 15) is 14.9 Å². The standard InChI is InChI=1S/C23H26N4O3/c1-6-26-21-11-15(2)18(12-20(21)16(3)13-23(26,4)5)14-24-25-22(28)17-7-9-19(10-8-17)27(29)30/h7-14H,6H2,1-5H3,(H,25,28)/b24-14+. The number of rotatable bonds is 5. The summed E-state index contributed by atoms with van der Waals surface area (Å²) in [4.78, 5) is 24.8. The number of amides is 1. The van der Waals surface area contributed by atoms with Gasteiger partial charge in [0.25, 0.3) is 11.6 Å². The average Bonchev–Trinajstić information content (AvgIpc) is 2.68. The maximum absolute atomic E-state index is 12.2. The Morgan fingerprint density at radius 2 is 1.90 bits per heavy atom. The fourth-order valence-electron chi connectivity index (χ4n) is 3.92. The third-order valence-electron chi connectivity index (χ3n) is 5.39. The molecule has 1 aliphatic heterocycles. The van der Waals surface area contributed by atoms with Crippen LogP contribution in [0.1, 0.15) is 54.7 Å². The monoisotopic (exact) mass is 406 g/mol. The summed E-state index contributed by atoms with van der Waals surface area (Å²) >= 11 is 0. The van der Waals surface area contributed by atoms with E-state index in [1.807, 2.05) is 6.92 Å². The summed E-state index contributed by atoms with van der Waals surface area (Å²) < 4.78 is 0. The Balaban J connectivity index is 1.81. The topological polar surface area (TPSA) is 87.8 Å². The molecule has 3 rings (SSSR count). The van der Waals surface area contributed by atoms with Gasteiger partial charge in [0, 0.05) is 35.5 Å². The summed E-state index contributed by atoms with van der Waals surface area (Å²) in [5, 5.41) is 14.8. The van der Waals surface area contributed by atoms with E-state index in [0.717, 1.165) is 23.2 Å². The number of carbonyl (C=O) groups excluding carboxylic acids is 1. The molecule has 0 radical (unpaired) electrons. The van der Waals surface area contributed by atoms with Gasteiger partial charge in [0.05, 0.1) is 16.7 Å². The fraction of sp³-hybridized carbons (Fsp3) is 0.304. The van der Waals surface area contributed by atoms with Crippen LogP contribution >= 0.6 is 0 Å². The van der Waals surface area contributed by atoms with Crippen LogP contribution in [-0.4, -0.2) is 29.1 Å². The van der Waals surface area contributed by atoms with E-state index < -0.39 is 10.8 Å². The van der Waals surface area contributed by atoms with E-state index in [-0.39, 0.29) is 11.2 Å². The molecule has 1 aliphatic rings. The van der Waals surface area contributed by atoms with Crippen LogP contribution in [0.15, 0.2) is 47.6 Å². The van der Waals surface area contributed by atoms with Gasteiger partial charge in [-0.1, -0.05) is 6.08 Å². The molecule has 0 atom stereocenters. The minimum absolute atomic E-state index is 0.0490. The molecule has 0 spiro atoms. The number of allylic oxidation sites excluding steroid dienone is 1. The lowest BCUT2D eigenvalue weighted by atomic mass is 9.87. The van der Waals surface area contributed by atoms with Gasteiger partial charge in [-0.25, -0.2) is 5.43 Å². The van der Waals surface area contributed by atoms with Gasteiger partial charge in [-0.2, -0.15) is 5.10 Å². The Kier molecular flexibility index (Phi) is 5.73. The maximum atomic E-state index is 12.2. The fourth-order valence-corrected chi connectivity index (χ4v) is 3.92. The molecule has 1 amide bonds. The molecule has 0 unspecified atom stereocenters. The van der Waals surface area contributed by atoms with Crippen LogP contribution in [0.25, 0.3) is 5.57 Å². The van der Waals surface area contributed by atoms with Crippen molar-refractivity contribution >= 4 is 29.1 Å². The molecule has 30 heavy (non-hydrogen) atoms. The predicted molar refractivity (Wildman–Crippen MR) is 120 cm³/mol. The summed E-state index contributed by atoms with van der Waals surface area (Å²) in [7, 11) is 0. The maximum Gasteiger partial charge on any atom is 0.271 e. The number of non-ortho nitro benzene ring substituents is 1. The Labute approximate surface area is 176 Å². The number of likely N-dealkylation sites (N-methyl/N-ethyl adjacent to an activating group) is 1. The second kappa shape index (κ2) is 8.10. The third kappa shape index (κ3) is 4.10. The van der Waals surface area contributed by atoms with Crippen LogP contribution in [0.5, 0.6) is 0 Å². The molecule has 2 aromatic carbocycles. The normalized spacial score (nSPS) is 15.0. The van der Waals surface area contributed by atoms with Gasteiger partial charge < -0.3 is 4.90 Å². The van der Waals surface area contributed by atoms with Crippen molar-refractivity contribution in [2.45, 2.75) is 40.2 Å². The van der Waals surface area contributed by atoms with Gasteiger partial charge >= 0.3 is 0 Å². The number of nitrogens with zero attached hydrogens (tertiary/aromatic N) is 3. The number of nitrogens with one attached hydrogen (secondary N) is 1. The number of hydrazone groups is 1. The highest BCUT2D eigenvalue weighted by atomic mass is 16.6. The minimum Gasteiger partial charge on any atom is -0.363 e. The second-order valence-electron chi connectivity index (χ2n) is 7.95. The second-order valence-corrected chi connectivity index (χ2v) is 7.95. The number of fused-ring (bicyclic) bond motifs is 1. The number of hydrogen-bond donors (Lipinski definition) is 1. The molecule has 1 N–H and O–H groups in total. The Morgan fingerprint density at radius 1 is 1.23 bits per heavy atom. The summed E-state index contributed by atoms with van der Waals surface area (Å²) in [6, 6.07) is 9.65. The van der Waals surface area contributed by atoms with Crippen molar-refractivity contribution in [3.8, 4) is 0 Å². The lowest BCUT2D eigenvalue weighted by molar-refractivity contribution is -0.384. The molecule has 0 saturated carbocycles. The number of anilines is 1. The van der Waals surface area contributed by atoms with Crippen LogP contribution < -0.4 is 10.3 Å². The average molecular weight is 406 g/mol. The zero-order valence-electron chi connectivity index (χ0n) is 17.9. The van der Waals surface area contributed by atoms with E-state index in [2.05, 4.69) is 61.3 Å². The van der Waals surface area contributed by atoms with E-state index in [0.29, 0.717) is 5.56 Å². The molecule has 0 saturated heterocycles. The van der Waals surface area contributed by atoms with Crippen LogP contribution in [0, 0.1) is 17.0 Å². The number of nitro benzene ring substituents is 1. The first-order chi connectivity index (χ1) is 14.1. The van der Waals surface area contributed by atoms with Crippen LogP contribution in [0.3, 0.4) is 0 Å². The highest BCUT2D eigenvalue weighted by Gasteiger charge is 2.30. The smallest absolute Gasteiger partial charge is 0.271 e. The SMILES string of the molecule is CCN1c2cc(C)c(/C=N/NC(=O)c3ccc([N+](=O)[O-])cc3)cc2C(C)=CC1(C)C. The summed E-state index contributed by atoms with van der Waals surface area (Å²) in [6.45, 7) is 11.6. The zero-order valence-corrected chi connectivity index (χ0v) is 17.9. The minimum atomic E-state index is -0.504. The number of benzene rings is 2. The van der Waals surface area contributed by atoms with Crippen molar-refractivity contribution in [3.63, 3.8) is 0 Å². The van der Waals surface area contributed by atoms with E-state index in [1.165, 1.54) is 35.5 Å². The summed E-state index contributed by atoms with van der Waals surface area (Å²) in [5.74, 6) is -0.424. The van der Waals surface area contributed by atoms with Crippen molar-refractivity contribution in [1.29, 1.82) is 0 Å². The molecule has 0 aromatic heterocycles. The molecule has 0 bridgehead atoms. The van der Waals surface area contributed by atoms with Crippen LogP contribution in [0.4, 0.5) is 11.4 Å². The largest absolute Gasteiger partial charge is 0.363 e. The van der Waals surface area contributed by atoms with Gasteiger partial charge in [-0.05, 0) is 75.6 Å². The summed E-state index contributed by atoms with van der Waals surface area (Å²) in [5.41, 5.74) is 8.23. The number of hydrogen-bond acceptors (Lipinski definition) is 5. The summed E-state index contributed by atoms with van der Waals surface area (Å²) in [6.07, 6.45) is 3.90. The van der Waals surface area contributed by atoms with Crippen LogP contribution in [-0.2, 0) is 0 Å². The van der Waals surface area contributed by atoms with Gasteiger partial charge in [0.2, 0.25) is 0 Å². The first kappa shape index (κ1) is 21.2. The van der Waals surface area contributed by atoms with E-state index in [4.69, 9.17) is 0 Å². The first-order valence-corrected chi connectivity index (χ1v) is 9.84. The Hall–Kier alpha value is -3.48. The molecule has 0 aliphatic carbocycles. The molecule has 2 aromatic rings. The van der Waals surface area contributed by atoms with Crippen molar-refractivity contribution in [2.24, 2.45) is 5.10 Å². The highest BCUT2D eigenvalue weighted by molar-refractivity contribution is 5.95. The number of aryl methyl sites for hydroxylation is 1. The molecule has 0 fully saturated rings. The van der Waals surface area contributed by atoms with Crippen molar-refractivity contribution in [1.82, 2.24) is 5.43 Å². The van der Waals surface area contributed by atoms with Crippen molar-refractivity contribution in [2.75, 3.05) is 11.4 Å². The predicted octanol–water partition coefficient (Wildman–Crippen LogP) is 4.69. The Bertz CT molecular complexity index is 1050. The van der Waals surface area contributed by atoms with Crippen molar-refractivity contribution in [3.05, 3.63) is 74.8 Å². The van der Waals surface area contributed by atoms with Gasteiger partial charge in [0.15, 0.2) is 0 Å². The number of nitro groups is 1. The molecule has 7 nitrogen and oxygen atoms in total. The van der Waals surface area contributed by atoms with Crippen molar-refractivity contribution < 1.29 is 9.72 Å². The van der Waals surface area contributed by atoms with Gasteiger partial charge in [-0.3, -0.25) is 14.9 Å². The molecular weight excluding hydrogens is 380 g/mol. The highest BCUT2D eigenvalue weighted by Crippen LogP contribution is 2.39. The lowest BCUT2D eigenvalue weighted by Gasteiger charge is -2.43. The molecule has 7 heteroatoms. The third-order valence-corrected chi connectivity index (χ3v) is 5.39. The molecular formula is C23H26N4O3. The molecule has 156 valence electrons. The van der Waals surface area contributed by atoms with Crippen LogP contribution in [0.2, 0.25) is 0 Å². The Morgan fingerprint density at radius 3 is 2.50 bits per heavy atom. The first-order valence-electron chi connectivity index (χ1n) is 9.84. The van der Waals surface area contributed by atoms with E-state index in [1.54, 1.807) is 6.21 Å². The number of carbonyl (C=O) groups is 1. The van der Waals surface area contributed by atoms with Gasteiger partial charge in [-0.15, -0.1) is 0 Å². The zero-order chi connectivity index (χ0) is 22.1. The van der Waals surface area contributed by atoms with E-state index >= 15 is 0 Å². The quantitative estimate of drug-likeness (QED) is 0.443. The lowest BCUT2D eigenvalue weighted by Crippen LogP contribution is -2.45. The molecule has 1 heterocycles.